The predicted molar refractivity (Wildman–Crippen MR) is 112 cm³/mol. The highest BCUT2D eigenvalue weighted by Crippen LogP contribution is 2.38. The molecule has 0 spiro atoms. The maximum absolute atomic E-state index is 12.9. The van der Waals surface area contributed by atoms with Crippen LogP contribution in [-0.4, -0.2) is 32.7 Å². The van der Waals surface area contributed by atoms with Crippen molar-refractivity contribution in [1.82, 2.24) is 14.1 Å². The molecular weight excluding hydrogens is 388 g/mol. The average Bonchev–Trinajstić information content (AvgIpc) is 3.09. The maximum atomic E-state index is 12.9. The lowest BCUT2D eigenvalue weighted by Crippen LogP contribution is -2.37. The second kappa shape index (κ2) is 7.33. The molecule has 1 unspecified atom stereocenters. The molecule has 0 radical (unpaired) electrons. The Hall–Kier alpha value is -3.62. The molecule has 3 aromatic rings. The smallest absolute Gasteiger partial charge is 0.332 e. The summed E-state index contributed by atoms with van der Waals surface area (Å²) in [4.78, 5) is 41.6. The van der Waals surface area contributed by atoms with Crippen molar-refractivity contribution in [3.8, 4) is 11.5 Å². The summed E-state index contributed by atoms with van der Waals surface area (Å²) >= 11 is 0. The number of nitrogens with one attached hydrogen (secondary N) is 1. The SMILES string of the molecule is CCOc1cc2c(cc1NC(=O)c1cnc3c(c1)c(=O)n(C)c(=O)n3C)OC(C)C2. The molecule has 1 aromatic carbocycles. The van der Waals surface area contributed by atoms with Crippen molar-refractivity contribution in [2.45, 2.75) is 26.4 Å². The first-order valence-corrected chi connectivity index (χ1v) is 9.63. The highest BCUT2D eigenvalue weighted by Gasteiger charge is 2.23. The number of pyridine rings is 1. The van der Waals surface area contributed by atoms with E-state index in [1.54, 1.807) is 6.07 Å². The summed E-state index contributed by atoms with van der Waals surface area (Å²) in [5.74, 6) is 0.809. The van der Waals surface area contributed by atoms with Gasteiger partial charge in [-0.15, -0.1) is 0 Å². The van der Waals surface area contributed by atoms with E-state index in [-0.39, 0.29) is 22.7 Å². The van der Waals surface area contributed by atoms with E-state index in [4.69, 9.17) is 9.47 Å². The zero-order valence-corrected chi connectivity index (χ0v) is 17.2. The second-order valence-electron chi connectivity index (χ2n) is 7.28. The molecule has 0 aliphatic carbocycles. The third-order valence-corrected chi connectivity index (χ3v) is 5.10. The second-order valence-corrected chi connectivity index (χ2v) is 7.28. The average molecular weight is 410 g/mol. The Morgan fingerprint density at radius 3 is 2.77 bits per heavy atom. The molecule has 3 heterocycles. The van der Waals surface area contributed by atoms with Gasteiger partial charge in [0.1, 0.15) is 23.3 Å². The standard InChI is InChI=1S/C21H22N4O5/c1-5-29-17-8-12-6-11(2)30-16(12)9-15(17)23-19(26)13-7-14-18(22-10-13)24(3)21(28)25(4)20(14)27/h7-11H,5-6H2,1-4H3,(H,23,26). The van der Waals surface area contributed by atoms with Crippen LogP contribution in [0, 0.1) is 0 Å². The fourth-order valence-corrected chi connectivity index (χ4v) is 3.60. The molecule has 4 rings (SSSR count). The monoisotopic (exact) mass is 410 g/mol. The number of nitrogens with zero attached hydrogens (tertiary/aromatic N) is 3. The molecule has 1 N–H and O–H groups in total. The topological polar surface area (TPSA) is 104 Å². The van der Waals surface area contributed by atoms with E-state index in [0.29, 0.717) is 23.8 Å². The number of aryl methyl sites for hydroxylation is 1. The molecule has 1 aliphatic heterocycles. The van der Waals surface area contributed by atoms with Crippen molar-refractivity contribution in [2.24, 2.45) is 14.1 Å². The molecule has 0 saturated carbocycles. The number of benzene rings is 1. The number of carbonyl (C=O) groups excluding carboxylic acids is 1. The highest BCUT2D eigenvalue weighted by molar-refractivity contribution is 6.06. The van der Waals surface area contributed by atoms with Crippen molar-refractivity contribution in [1.29, 1.82) is 0 Å². The summed E-state index contributed by atoms with van der Waals surface area (Å²) in [6, 6.07) is 5.06. The van der Waals surface area contributed by atoms with Gasteiger partial charge in [-0.1, -0.05) is 0 Å². The molecule has 1 aliphatic rings. The van der Waals surface area contributed by atoms with Gasteiger partial charge in [-0.3, -0.25) is 18.7 Å². The van der Waals surface area contributed by atoms with Gasteiger partial charge in [0, 0.05) is 38.3 Å². The molecule has 0 bridgehead atoms. The molecule has 1 amide bonds. The summed E-state index contributed by atoms with van der Waals surface area (Å²) in [7, 11) is 2.91. The molecule has 9 nitrogen and oxygen atoms in total. The maximum Gasteiger partial charge on any atom is 0.332 e. The van der Waals surface area contributed by atoms with Gasteiger partial charge in [0.25, 0.3) is 11.5 Å². The van der Waals surface area contributed by atoms with Crippen molar-refractivity contribution >= 4 is 22.6 Å². The number of hydrogen-bond donors (Lipinski definition) is 1. The Kier molecular flexibility index (Phi) is 4.81. The zero-order valence-electron chi connectivity index (χ0n) is 17.2. The van der Waals surface area contributed by atoms with Gasteiger partial charge in [-0.25, -0.2) is 9.78 Å². The lowest BCUT2D eigenvalue weighted by Gasteiger charge is -2.14. The van der Waals surface area contributed by atoms with Gasteiger partial charge >= 0.3 is 5.69 Å². The summed E-state index contributed by atoms with van der Waals surface area (Å²) in [5, 5.41) is 3.00. The third-order valence-electron chi connectivity index (χ3n) is 5.10. The van der Waals surface area contributed by atoms with Crippen LogP contribution in [0.1, 0.15) is 29.8 Å². The number of fused-ring (bicyclic) bond motifs is 2. The molecule has 0 fully saturated rings. The molecule has 9 heteroatoms. The van der Waals surface area contributed by atoms with Crippen LogP contribution in [0.25, 0.3) is 11.0 Å². The van der Waals surface area contributed by atoms with Gasteiger partial charge in [0.05, 0.1) is 23.2 Å². The van der Waals surface area contributed by atoms with E-state index in [2.05, 4.69) is 10.3 Å². The Morgan fingerprint density at radius 2 is 2.03 bits per heavy atom. The molecular formula is C21H22N4O5. The van der Waals surface area contributed by atoms with Gasteiger partial charge < -0.3 is 14.8 Å². The number of ether oxygens (including phenoxy) is 2. The lowest BCUT2D eigenvalue weighted by atomic mass is 10.1. The molecule has 156 valence electrons. The summed E-state index contributed by atoms with van der Waals surface area (Å²) in [6.07, 6.45) is 2.18. The first-order chi connectivity index (χ1) is 14.3. The van der Waals surface area contributed by atoms with Crippen molar-refractivity contribution in [2.75, 3.05) is 11.9 Å². The molecule has 1 atom stereocenters. The number of rotatable bonds is 4. The van der Waals surface area contributed by atoms with Crippen LogP contribution in [0.5, 0.6) is 11.5 Å². The predicted octanol–water partition coefficient (Wildman–Crippen LogP) is 1.61. The lowest BCUT2D eigenvalue weighted by molar-refractivity contribution is 0.102. The van der Waals surface area contributed by atoms with Gasteiger partial charge in [-0.2, -0.15) is 0 Å². The van der Waals surface area contributed by atoms with Crippen LogP contribution in [0.2, 0.25) is 0 Å². The Balaban J connectivity index is 1.73. The minimum atomic E-state index is -0.509. The van der Waals surface area contributed by atoms with Gasteiger partial charge in [0.2, 0.25) is 0 Å². The summed E-state index contributed by atoms with van der Waals surface area (Å²) < 4.78 is 13.7. The minimum absolute atomic E-state index is 0.0629. The highest BCUT2D eigenvalue weighted by atomic mass is 16.5. The first kappa shape index (κ1) is 19.7. The molecule has 0 saturated heterocycles. The largest absolute Gasteiger partial charge is 0.492 e. The van der Waals surface area contributed by atoms with Crippen molar-refractivity contribution in [3.05, 3.63) is 56.4 Å². The minimum Gasteiger partial charge on any atom is -0.492 e. The Morgan fingerprint density at radius 1 is 1.27 bits per heavy atom. The Bertz CT molecular complexity index is 1290. The first-order valence-electron chi connectivity index (χ1n) is 9.63. The van der Waals surface area contributed by atoms with E-state index < -0.39 is 17.2 Å². The van der Waals surface area contributed by atoms with E-state index in [9.17, 15) is 14.4 Å². The van der Waals surface area contributed by atoms with Crippen LogP contribution in [0.4, 0.5) is 5.69 Å². The van der Waals surface area contributed by atoms with Gasteiger partial charge in [-0.05, 0) is 26.0 Å². The number of anilines is 1. The van der Waals surface area contributed by atoms with Crippen LogP contribution in [0.15, 0.2) is 34.0 Å². The number of aromatic nitrogens is 3. The van der Waals surface area contributed by atoms with Gasteiger partial charge in [0.15, 0.2) is 0 Å². The Labute approximate surface area is 171 Å². The molecule has 30 heavy (non-hydrogen) atoms. The van der Waals surface area contributed by atoms with E-state index in [0.717, 1.165) is 16.6 Å². The normalized spacial score (nSPS) is 15.0. The number of amides is 1. The van der Waals surface area contributed by atoms with Crippen LogP contribution < -0.4 is 26.0 Å². The summed E-state index contributed by atoms with van der Waals surface area (Å²) in [6.45, 7) is 4.29. The summed E-state index contributed by atoms with van der Waals surface area (Å²) in [5.41, 5.74) is 0.921. The van der Waals surface area contributed by atoms with E-state index >= 15 is 0 Å². The fraction of sp³-hybridized carbons (Fsp3) is 0.333. The van der Waals surface area contributed by atoms with Crippen molar-refractivity contribution < 1.29 is 14.3 Å². The zero-order chi connectivity index (χ0) is 21.6. The van der Waals surface area contributed by atoms with Crippen LogP contribution >= 0.6 is 0 Å². The van der Waals surface area contributed by atoms with E-state index in [1.165, 1.54) is 30.9 Å². The van der Waals surface area contributed by atoms with Crippen LogP contribution in [-0.2, 0) is 20.5 Å². The van der Waals surface area contributed by atoms with Crippen molar-refractivity contribution in [3.63, 3.8) is 0 Å². The fourth-order valence-electron chi connectivity index (χ4n) is 3.60. The number of hydrogen-bond acceptors (Lipinski definition) is 6. The van der Waals surface area contributed by atoms with Crippen LogP contribution in [0.3, 0.4) is 0 Å². The van der Waals surface area contributed by atoms with E-state index in [1.807, 2.05) is 19.9 Å². The third kappa shape index (κ3) is 3.22. The number of carbonyl (C=O) groups is 1. The molecule has 2 aromatic heterocycles. The quantitative estimate of drug-likeness (QED) is 0.701.